The second-order valence-electron chi connectivity index (χ2n) is 5.93. The highest BCUT2D eigenvalue weighted by atomic mass is 16.5. The highest BCUT2D eigenvalue weighted by molar-refractivity contribution is 5.74. The van der Waals surface area contributed by atoms with E-state index in [1.807, 2.05) is 20.2 Å². The summed E-state index contributed by atoms with van der Waals surface area (Å²) in [5.74, 6) is 2.31. The molecule has 1 aromatic rings. The van der Waals surface area contributed by atoms with Crippen LogP contribution in [0.3, 0.4) is 0 Å². The molecule has 0 aliphatic heterocycles. The predicted octanol–water partition coefficient (Wildman–Crippen LogP) is 3.00. The van der Waals surface area contributed by atoms with Crippen LogP contribution in [-0.4, -0.2) is 32.2 Å². The van der Waals surface area contributed by atoms with Crippen molar-refractivity contribution in [1.29, 1.82) is 0 Å². The summed E-state index contributed by atoms with van der Waals surface area (Å²) >= 11 is 0. The van der Waals surface area contributed by atoms with Gasteiger partial charge >= 0.3 is 0 Å². The van der Waals surface area contributed by atoms with E-state index in [9.17, 15) is 0 Å². The third-order valence-electron chi connectivity index (χ3n) is 4.04. The minimum absolute atomic E-state index is 0.546. The largest absolute Gasteiger partial charge is 0.479 e. The first-order valence-corrected chi connectivity index (χ1v) is 6.99. The fourth-order valence-corrected chi connectivity index (χ4v) is 2.62. The number of rotatable bonds is 5. The average Bonchev–Trinajstić information content (AvgIpc) is 2.32. The first-order chi connectivity index (χ1) is 9.02. The van der Waals surface area contributed by atoms with E-state index in [0.29, 0.717) is 11.9 Å². The van der Waals surface area contributed by atoms with Crippen LogP contribution >= 0.6 is 0 Å². The molecule has 19 heavy (non-hydrogen) atoms. The number of nitrogens with one attached hydrogen (secondary N) is 1. The van der Waals surface area contributed by atoms with Gasteiger partial charge in [-0.05, 0) is 30.7 Å². The van der Waals surface area contributed by atoms with Gasteiger partial charge in [-0.2, -0.15) is 0 Å². The smallest absolute Gasteiger partial charge is 0.239 e. The molecule has 106 valence electrons. The lowest BCUT2D eigenvalue weighted by Gasteiger charge is -2.39. The fourth-order valence-electron chi connectivity index (χ4n) is 2.62. The Kier molecular flexibility index (Phi) is 4.17. The Morgan fingerprint density at radius 3 is 2.58 bits per heavy atom. The number of aromatic nitrogens is 1. The molecular formula is C15H25N3O. The van der Waals surface area contributed by atoms with Gasteiger partial charge < -0.3 is 15.0 Å². The topological polar surface area (TPSA) is 37.4 Å². The number of anilines is 2. The van der Waals surface area contributed by atoms with Crippen LogP contribution in [0.15, 0.2) is 12.3 Å². The van der Waals surface area contributed by atoms with E-state index >= 15 is 0 Å². The lowest BCUT2D eigenvalue weighted by Crippen LogP contribution is -2.38. The Morgan fingerprint density at radius 2 is 2.05 bits per heavy atom. The molecule has 1 aliphatic rings. The molecule has 0 saturated heterocycles. The zero-order valence-electron chi connectivity index (χ0n) is 12.6. The minimum atomic E-state index is 0.546. The van der Waals surface area contributed by atoms with Gasteiger partial charge in [0, 0.05) is 26.3 Å². The standard InChI is InChI=1S/C15H25N3O/c1-10(2)11-8-12(9-11)17-14-13(18(3)4)6-7-16-15(14)19-5/h6-7,10-12,17H,8-9H2,1-5H3. The average molecular weight is 263 g/mol. The molecule has 0 amide bonds. The van der Waals surface area contributed by atoms with Crippen molar-refractivity contribution in [3.8, 4) is 5.88 Å². The van der Waals surface area contributed by atoms with Crippen molar-refractivity contribution < 1.29 is 4.74 Å². The summed E-state index contributed by atoms with van der Waals surface area (Å²) in [7, 11) is 5.75. The van der Waals surface area contributed by atoms with Gasteiger partial charge in [0.2, 0.25) is 5.88 Å². The van der Waals surface area contributed by atoms with Crippen LogP contribution in [0.1, 0.15) is 26.7 Å². The Morgan fingerprint density at radius 1 is 1.37 bits per heavy atom. The van der Waals surface area contributed by atoms with Gasteiger partial charge in [0.25, 0.3) is 0 Å². The second-order valence-corrected chi connectivity index (χ2v) is 5.93. The molecule has 0 spiro atoms. The van der Waals surface area contributed by atoms with Crippen LogP contribution in [0, 0.1) is 11.8 Å². The van der Waals surface area contributed by atoms with Crippen LogP contribution in [0.4, 0.5) is 11.4 Å². The molecule has 1 fully saturated rings. The molecule has 1 heterocycles. The van der Waals surface area contributed by atoms with Crippen LogP contribution < -0.4 is 15.0 Å². The molecule has 1 aromatic heterocycles. The summed E-state index contributed by atoms with van der Waals surface area (Å²) in [5.41, 5.74) is 2.14. The Hall–Kier alpha value is -1.45. The summed E-state index contributed by atoms with van der Waals surface area (Å²) < 4.78 is 5.38. The highest BCUT2D eigenvalue weighted by Gasteiger charge is 2.32. The van der Waals surface area contributed by atoms with E-state index in [4.69, 9.17) is 4.74 Å². The summed E-state index contributed by atoms with van der Waals surface area (Å²) in [6.07, 6.45) is 4.27. The van der Waals surface area contributed by atoms with Crippen molar-refractivity contribution in [3.05, 3.63) is 12.3 Å². The quantitative estimate of drug-likeness (QED) is 0.886. The molecular weight excluding hydrogens is 238 g/mol. The Bertz CT molecular complexity index is 425. The van der Waals surface area contributed by atoms with Gasteiger partial charge in [0.15, 0.2) is 0 Å². The summed E-state index contributed by atoms with van der Waals surface area (Å²) in [4.78, 5) is 6.38. The van der Waals surface area contributed by atoms with E-state index in [0.717, 1.165) is 23.2 Å². The SMILES string of the molecule is COc1nccc(N(C)C)c1NC1CC(C(C)C)C1. The van der Waals surface area contributed by atoms with Crippen molar-refractivity contribution >= 4 is 11.4 Å². The number of nitrogens with zero attached hydrogens (tertiary/aromatic N) is 2. The van der Waals surface area contributed by atoms with Gasteiger partial charge in [0.1, 0.15) is 5.69 Å². The third kappa shape index (κ3) is 2.94. The molecule has 2 rings (SSSR count). The number of hydrogen-bond donors (Lipinski definition) is 1. The Balaban J connectivity index is 2.11. The molecule has 0 unspecified atom stereocenters. The molecule has 1 aliphatic carbocycles. The van der Waals surface area contributed by atoms with Crippen LogP contribution in [0.2, 0.25) is 0 Å². The van der Waals surface area contributed by atoms with Crippen LogP contribution in [0.25, 0.3) is 0 Å². The van der Waals surface area contributed by atoms with E-state index in [1.165, 1.54) is 12.8 Å². The molecule has 0 aromatic carbocycles. The number of pyridine rings is 1. The number of ether oxygens (including phenoxy) is 1. The van der Waals surface area contributed by atoms with E-state index in [-0.39, 0.29) is 0 Å². The summed E-state index contributed by atoms with van der Waals surface area (Å²) in [5, 5.41) is 3.60. The third-order valence-corrected chi connectivity index (χ3v) is 4.04. The van der Waals surface area contributed by atoms with Gasteiger partial charge in [-0.25, -0.2) is 4.98 Å². The maximum Gasteiger partial charge on any atom is 0.239 e. The van der Waals surface area contributed by atoms with Gasteiger partial charge in [-0.3, -0.25) is 0 Å². The highest BCUT2D eigenvalue weighted by Crippen LogP contribution is 2.39. The lowest BCUT2D eigenvalue weighted by molar-refractivity contribution is 0.211. The molecule has 0 radical (unpaired) electrons. The Labute approximate surface area is 116 Å². The van der Waals surface area contributed by atoms with Crippen molar-refractivity contribution in [2.75, 3.05) is 31.4 Å². The molecule has 0 atom stereocenters. The zero-order chi connectivity index (χ0) is 14.0. The normalized spacial score (nSPS) is 22.0. The van der Waals surface area contributed by atoms with E-state index < -0.39 is 0 Å². The van der Waals surface area contributed by atoms with Gasteiger partial charge in [0.05, 0.1) is 12.8 Å². The first-order valence-electron chi connectivity index (χ1n) is 6.99. The predicted molar refractivity (Wildman–Crippen MR) is 80.1 cm³/mol. The summed E-state index contributed by atoms with van der Waals surface area (Å²) in [6.45, 7) is 4.60. The monoisotopic (exact) mass is 263 g/mol. The van der Waals surface area contributed by atoms with Gasteiger partial charge in [-0.1, -0.05) is 13.8 Å². The van der Waals surface area contributed by atoms with E-state index in [1.54, 1.807) is 13.3 Å². The second kappa shape index (κ2) is 5.68. The first kappa shape index (κ1) is 14.0. The van der Waals surface area contributed by atoms with Crippen molar-refractivity contribution in [2.45, 2.75) is 32.7 Å². The molecule has 4 heteroatoms. The molecule has 4 nitrogen and oxygen atoms in total. The lowest BCUT2D eigenvalue weighted by atomic mass is 9.73. The van der Waals surface area contributed by atoms with Gasteiger partial charge in [-0.15, -0.1) is 0 Å². The molecule has 0 bridgehead atoms. The summed E-state index contributed by atoms with van der Waals surface area (Å²) in [6, 6.07) is 2.56. The minimum Gasteiger partial charge on any atom is -0.479 e. The maximum atomic E-state index is 5.38. The molecule has 1 saturated carbocycles. The van der Waals surface area contributed by atoms with Crippen molar-refractivity contribution in [1.82, 2.24) is 4.98 Å². The van der Waals surface area contributed by atoms with E-state index in [2.05, 4.69) is 29.0 Å². The number of hydrogen-bond acceptors (Lipinski definition) is 4. The van der Waals surface area contributed by atoms with Crippen molar-refractivity contribution in [2.24, 2.45) is 11.8 Å². The maximum absolute atomic E-state index is 5.38. The number of methoxy groups -OCH3 is 1. The molecule has 1 N–H and O–H groups in total. The fraction of sp³-hybridized carbons (Fsp3) is 0.667. The zero-order valence-corrected chi connectivity index (χ0v) is 12.6. The van der Waals surface area contributed by atoms with Crippen molar-refractivity contribution in [3.63, 3.8) is 0 Å². The van der Waals surface area contributed by atoms with Crippen LogP contribution in [-0.2, 0) is 0 Å². The van der Waals surface area contributed by atoms with Crippen LogP contribution in [0.5, 0.6) is 5.88 Å².